The van der Waals surface area contributed by atoms with Crippen LogP contribution in [0, 0.1) is 6.92 Å². The van der Waals surface area contributed by atoms with E-state index < -0.39 is 11.7 Å². The highest BCUT2D eigenvalue weighted by atomic mass is 19.4. The maximum absolute atomic E-state index is 13.8. The largest absolute Gasteiger partial charge is 0.416 e. The fraction of sp³-hybridized carbons (Fsp3) is 0.600. The molecule has 3 heterocycles. The average molecular weight is 461 g/mol. The van der Waals surface area contributed by atoms with Gasteiger partial charge in [0.15, 0.2) is 0 Å². The lowest BCUT2D eigenvalue weighted by molar-refractivity contribution is -0.137. The van der Waals surface area contributed by atoms with Crippen molar-refractivity contribution < 1.29 is 18.0 Å². The van der Waals surface area contributed by atoms with Crippen LogP contribution in [-0.2, 0) is 6.18 Å². The number of aryl methyl sites for hydroxylation is 1. The van der Waals surface area contributed by atoms with Crippen molar-refractivity contribution >= 4 is 5.91 Å². The average Bonchev–Trinajstić information content (AvgIpc) is 3.34. The van der Waals surface area contributed by atoms with Gasteiger partial charge < -0.3 is 9.80 Å². The van der Waals surface area contributed by atoms with E-state index in [-0.39, 0.29) is 17.9 Å². The molecule has 0 N–H and O–H groups in total. The first kappa shape index (κ1) is 22.4. The number of benzene rings is 1. The molecule has 33 heavy (non-hydrogen) atoms. The molecule has 5 rings (SSSR count). The number of hydrogen-bond acceptors (Lipinski definition) is 3. The van der Waals surface area contributed by atoms with Crippen molar-refractivity contribution in [2.75, 3.05) is 19.6 Å². The Labute approximate surface area is 192 Å². The van der Waals surface area contributed by atoms with Crippen LogP contribution in [-0.4, -0.2) is 57.2 Å². The lowest BCUT2D eigenvalue weighted by Crippen LogP contribution is -2.50. The Balaban J connectivity index is 1.45. The third kappa shape index (κ3) is 4.29. The highest BCUT2D eigenvalue weighted by Gasteiger charge is 2.39. The van der Waals surface area contributed by atoms with Crippen molar-refractivity contribution in [2.45, 2.75) is 76.6 Å². The SMILES string of the molecule is Cc1nn(-c2cccc(C(F)(F)F)c2)c(C2CC2)c1C(=O)N1CC[C@@H](N2CCCC2)C[C@H]1C. The molecule has 0 radical (unpaired) electrons. The first-order valence-electron chi connectivity index (χ1n) is 12.1. The molecule has 3 fully saturated rings. The van der Waals surface area contributed by atoms with Gasteiger partial charge in [-0.3, -0.25) is 4.79 Å². The Bertz CT molecular complexity index is 1040. The number of carbonyl (C=O) groups is 1. The molecule has 2 aliphatic heterocycles. The number of aromatic nitrogens is 2. The summed E-state index contributed by atoms with van der Waals surface area (Å²) in [6.07, 6.45) is 1.87. The molecule has 0 spiro atoms. The van der Waals surface area contributed by atoms with E-state index in [0.717, 1.165) is 56.6 Å². The van der Waals surface area contributed by atoms with Gasteiger partial charge in [-0.05, 0) is 83.7 Å². The van der Waals surface area contributed by atoms with Gasteiger partial charge in [-0.15, -0.1) is 0 Å². The van der Waals surface area contributed by atoms with Gasteiger partial charge in [0.2, 0.25) is 0 Å². The molecular weight excluding hydrogens is 429 g/mol. The van der Waals surface area contributed by atoms with Gasteiger partial charge in [-0.2, -0.15) is 18.3 Å². The summed E-state index contributed by atoms with van der Waals surface area (Å²) in [6.45, 7) is 6.92. The maximum Gasteiger partial charge on any atom is 0.416 e. The number of nitrogens with zero attached hydrogens (tertiary/aromatic N) is 4. The normalized spacial score (nSPS) is 24.5. The Kier molecular flexibility index (Phi) is 5.75. The third-order valence-corrected chi connectivity index (χ3v) is 7.46. The number of amides is 1. The summed E-state index contributed by atoms with van der Waals surface area (Å²) >= 11 is 0. The Hall–Kier alpha value is -2.35. The first-order chi connectivity index (χ1) is 15.7. The van der Waals surface area contributed by atoms with Crippen molar-refractivity contribution in [1.82, 2.24) is 19.6 Å². The molecule has 2 aromatic rings. The molecule has 2 saturated heterocycles. The summed E-state index contributed by atoms with van der Waals surface area (Å²) in [5.41, 5.74) is 1.59. The van der Waals surface area contributed by atoms with Gasteiger partial charge in [-0.1, -0.05) is 6.07 Å². The van der Waals surface area contributed by atoms with Crippen molar-refractivity contribution in [3.05, 3.63) is 46.8 Å². The Morgan fingerprint density at radius 3 is 2.45 bits per heavy atom. The highest BCUT2D eigenvalue weighted by molar-refractivity contribution is 5.97. The van der Waals surface area contributed by atoms with E-state index in [2.05, 4.69) is 16.9 Å². The van der Waals surface area contributed by atoms with E-state index in [0.29, 0.717) is 29.5 Å². The number of rotatable bonds is 4. The number of hydrogen-bond donors (Lipinski definition) is 0. The highest BCUT2D eigenvalue weighted by Crippen LogP contribution is 2.44. The molecule has 1 saturated carbocycles. The lowest BCUT2D eigenvalue weighted by Gasteiger charge is -2.41. The van der Waals surface area contributed by atoms with Gasteiger partial charge in [-0.25, -0.2) is 4.68 Å². The van der Waals surface area contributed by atoms with Crippen LogP contribution in [0.2, 0.25) is 0 Å². The zero-order chi connectivity index (χ0) is 23.3. The van der Waals surface area contributed by atoms with E-state index in [4.69, 9.17) is 0 Å². The maximum atomic E-state index is 13.8. The molecule has 0 unspecified atom stereocenters. The molecule has 5 nitrogen and oxygen atoms in total. The van der Waals surface area contributed by atoms with E-state index in [1.807, 2.05) is 4.90 Å². The molecular formula is C25H31F3N4O. The Morgan fingerprint density at radius 2 is 1.82 bits per heavy atom. The summed E-state index contributed by atoms with van der Waals surface area (Å²) in [5, 5.41) is 4.58. The van der Waals surface area contributed by atoms with E-state index >= 15 is 0 Å². The minimum Gasteiger partial charge on any atom is -0.336 e. The lowest BCUT2D eigenvalue weighted by atomic mass is 9.95. The second-order valence-corrected chi connectivity index (χ2v) is 9.85. The van der Waals surface area contributed by atoms with Gasteiger partial charge in [0, 0.05) is 24.5 Å². The zero-order valence-corrected chi connectivity index (χ0v) is 19.2. The minimum absolute atomic E-state index is 0.0278. The molecule has 0 bridgehead atoms. The molecule has 1 aliphatic carbocycles. The fourth-order valence-corrected chi connectivity index (χ4v) is 5.59. The molecule has 8 heteroatoms. The molecule has 178 valence electrons. The van der Waals surface area contributed by atoms with Crippen molar-refractivity contribution in [1.29, 1.82) is 0 Å². The molecule has 1 aromatic carbocycles. The van der Waals surface area contributed by atoms with Gasteiger partial charge in [0.1, 0.15) is 0 Å². The topological polar surface area (TPSA) is 41.4 Å². The molecule has 1 amide bonds. The summed E-state index contributed by atoms with van der Waals surface area (Å²) < 4.78 is 41.5. The van der Waals surface area contributed by atoms with Crippen molar-refractivity contribution in [3.63, 3.8) is 0 Å². The van der Waals surface area contributed by atoms with Crippen LogP contribution < -0.4 is 0 Å². The number of piperidine rings is 1. The number of alkyl halides is 3. The van der Waals surface area contributed by atoms with Crippen LogP contribution in [0.3, 0.4) is 0 Å². The monoisotopic (exact) mass is 460 g/mol. The van der Waals surface area contributed by atoms with Gasteiger partial charge in [0.05, 0.1) is 28.2 Å². The smallest absolute Gasteiger partial charge is 0.336 e. The van der Waals surface area contributed by atoms with Crippen LogP contribution in [0.4, 0.5) is 13.2 Å². The van der Waals surface area contributed by atoms with Crippen LogP contribution in [0.1, 0.15) is 78.7 Å². The first-order valence-corrected chi connectivity index (χ1v) is 12.1. The quantitative estimate of drug-likeness (QED) is 0.633. The van der Waals surface area contributed by atoms with E-state index in [1.165, 1.54) is 18.9 Å². The summed E-state index contributed by atoms with van der Waals surface area (Å²) in [4.78, 5) is 18.3. The second kappa shape index (κ2) is 8.46. The zero-order valence-electron chi connectivity index (χ0n) is 19.2. The van der Waals surface area contributed by atoms with Gasteiger partial charge >= 0.3 is 6.18 Å². The van der Waals surface area contributed by atoms with Crippen molar-refractivity contribution in [3.8, 4) is 5.69 Å². The Morgan fingerprint density at radius 1 is 1.09 bits per heavy atom. The van der Waals surface area contributed by atoms with Crippen LogP contribution in [0.15, 0.2) is 24.3 Å². The van der Waals surface area contributed by atoms with E-state index in [9.17, 15) is 18.0 Å². The number of halogens is 3. The number of carbonyl (C=O) groups excluding carboxylic acids is 1. The number of likely N-dealkylation sites (tertiary alicyclic amines) is 2. The van der Waals surface area contributed by atoms with Gasteiger partial charge in [0.25, 0.3) is 5.91 Å². The molecule has 3 aliphatic rings. The van der Waals surface area contributed by atoms with Crippen LogP contribution >= 0.6 is 0 Å². The van der Waals surface area contributed by atoms with E-state index in [1.54, 1.807) is 17.7 Å². The fourth-order valence-electron chi connectivity index (χ4n) is 5.59. The molecule has 1 aromatic heterocycles. The predicted molar refractivity (Wildman–Crippen MR) is 120 cm³/mol. The second-order valence-electron chi connectivity index (χ2n) is 9.85. The molecule has 2 atom stereocenters. The summed E-state index contributed by atoms with van der Waals surface area (Å²) in [6, 6.07) is 5.87. The summed E-state index contributed by atoms with van der Waals surface area (Å²) in [5.74, 6) is 0.136. The van der Waals surface area contributed by atoms with Crippen LogP contribution in [0.25, 0.3) is 5.69 Å². The van der Waals surface area contributed by atoms with Crippen LogP contribution in [0.5, 0.6) is 0 Å². The summed E-state index contributed by atoms with van der Waals surface area (Å²) in [7, 11) is 0. The van der Waals surface area contributed by atoms with Crippen molar-refractivity contribution in [2.24, 2.45) is 0 Å². The minimum atomic E-state index is -4.42. The predicted octanol–water partition coefficient (Wildman–Crippen LogP) is 5.17. The standard InChI is InChI=1S/C25H31F3N4O/c1-16-14-20(30-11-3-4-12-30)10-13-31(16)24(33)22-17(2)29-32(23(22)18-8-9-18)21-7-5-6-19(15-21)25(26,27)28/h5-7,15-16,18,20H,3-4,8-14H2,1-2H3/t16-,20-/m1/s1. The third-order valence-electron chi connectivity index (χ3n) is 7.46.